The van der Waals surface area contributed by atoms with Crippen LogP contribution in [0.2, 0.25) is 0 Å². The lowest BCUT2D eigenvalue weighted by Gasteiger charge is -2.18. The maximum absolute atomic E-state index is 12.5. The molecule has 46 heavy (non-hydrogen) atoms. The highest BCUT2D eigenvalue weighted by Crippen LogP contribution is 2.18. The molecule has 4 heteroatoms. The number of carbonyl (C=O) groups excluding carboxylic acids is 1. The fourth-order valence-electron chi connectivity index (χ4n) is 4.94. The number of rotatable bonds is 31. The van der Waals surface area contributed by atoms with Gasteiger partial charge in [-0.3, -0.25) is 4.79 Å². The van der Waals surface area contributed by atoms with Gasteiger partial charge >= 0.3 is 5.97 Å². The number of ether oxygens (including phenoxy) is 1. The minimum atomic E-state index is -0.513. The fraction of sp³-hybridized carbons (Fsp3) is 0.667. The van der Waals surface area contributed by atoms with Crippen LogP contribution in [-0.4, -0.2) is 42.7 Å². The van der Waals surface area contributed by atoms with Gasteiger partial charge < -0.3 is 14.7 Å². The fourth-order valence-corrected chi connectivity index (χ4v) is 4.94. The highest BCUT2D eigenvalue weighted by atomic mass is 16.6. The number of carbonyl (C=O) groups is 1. The first-order valence-electron chi connectivity index (χ1n) is 18.7. The molecule has 0 rings (SSSR count). The van der Waals surface area contributed by atoms with E-state index in [1.807, 2.05) is 20.2 Å². The number of hydrogen-bond donors (Lipinski definition) is 1. The Morgan fingerprint density at radius 1 is 0.674 bits per heavy atom. The first-order valence-corrected chi connectivity index (χ1v) is 18.7. The highest BCUT2D eigenvalue weighted by Gasteiger charge is 2.18. The Bertz CT molecular complexity index is 902. The van der Waals surface area contributed by atoms with Crippen LogP contribution in [0.15, 0.2) is 78.3 Å². The molecule has 4 nitrogen and oxygen atoms in total. The molecule has 0 aliphatic heterocycles. The summed E-state index contributed by atoms with van der Waals surface area (Å²) in [5, 5.41) is 10.8. The summed E-state index contributed by atoms with van der Waals surface area (Å²) in [6.07, 6.45) is 46.4. The van der Waals surface area contributed by atoms with Crippen LogP contribution in [0, 0.1) is 0 Å². The average Bonchev–Trinajstić information content (AvgIpc) is 3.03. The van der Waals surface area contributed by atoms with E-state index in [1.165, 1.54) is 44.9 Å². The number of esters is 1. The molecule has 0 amide bonds. The maximum Gasteiger partial charge on any atom is 0.306 e. The van der Waals surface area contributed by atoms with Crippen LogP contribution in [-0.2, 0) is 9.53 Å². The van der Waals surface area contributed by atoms with Crippen molar-refractivity contribution in [1.82, 2.24) is 4.90 Å². The number of allylic oxidation sites excluding steroid dienone is 10. The van der Waals surface area contributed by atoms with Crippen molar-refractivity contribution in [3.05, 3.63) is 78.3 Å². The van der Waals surface area contributed by atoms with Gasteiger partial charge in [-0.25, -0.2) is 0 Å². The molecule has 0 aromatic heterocycles. The predicted molar refractivity (Wildman–Crippen MR) is 201 cm³/mol. The van der Waals surface area contributed by atoms with Crippen LogP contribution >= 0.6 is 0 Å². The van der Waals surface area contributed by atoms with Crippen LogP contribution in [0.4, 0.5) is 0 Å². The summed E-state index contributed by atoms with van der Waals surface area (Å²) in [5.74, 6) is 0.0307. The van der Waals surface area contributed by atoms with Gasteiger partial charge in [0.25, 0.3) is 0 Å². The average molecular weight is 638 g/mol. The summed E-state index contributed by atoms with van der Waals surface area (Å²) < 4.78 is 5.78. The van der Waals surface area contributed by atoms with Gasteiger partial charge in [-0.1, -0.05) is 101 Å². The molecule has 0 bridgehead atoms. The monoisotopic (exact) mass is 638 g/mol. The largest absolute Gasteiger partial charge is 0.509 e. The first-order chi connectivity index (χ1) is 22.5. The second-order valence-corrected chi connectivity index (χ2v) is 12.6. The van der Waals surface area contributed by atoms with Crippen molar-refractivity contribution in [2.24, 2.45) is 0 Å². The number of aliphatic hydroxyl groups is 1. The Hall–Kier alpha value is -2.55. The Kier molecular flexibility index (Phi) is 33.3. The van der Waals surface area contributed by atoms with Crippen molar-refractivity contribution >= 4 is 5.97 Å². The van der Waals surface area contributed by atoms with Gasteiger partial charge in [0.2, 0.25) is 0 Å². The molecule has 0 fully saturated rings. The van der Waals surface area contributed by atoms with Crippen LogP contribution in [0.5, 0.6) is 0 Å². The van der Waals surface area contributed by atoms with E-state index < -0.39 is 6.10 Å². The van der Waals surface area contributed by atoms with E-state index in [0.717, 1.165) is 90.0 Å². The topological polar surface area (TPSA) is 49.8 Å². The molecule has 0 saturated heterocycles. The molecule has 1 atom stereocenters. The van der Waals surface area contributed by atoms with Crippen LogP contribution < -0.4 is 0 Å². The van der Waals surface area contributed by atoms with Crippen molar-refractivity contribution in [3.63, 3.8) is 0 Å². The smallest absolute Gasteiger partial charge is 0.306 e. The third-order valence-electron chi connectivity index (χ3n) is 7.74. The van der Waals surface area contributed by atoms with E-state index in [2.05, 4.69) is 85.2 Å². The number of nitrogens with zero attached hydrogens (tertiary/aromatic N) is 1. The second-order valence-electron chi connectivity index (χ2n) is 12.6. The van der Waals surface area contributed by atoms with E-state index in [4.69, 9.17) is 4.74 Å². The van der Waals surface area contributed by atoms with Crippen molar-refractivity contribution in [2.75, 3.05) is 20.6 Å². The standard InChI is InChI=1S/C42H71NO3/c1-5-7-9-11-13-15-17-19-21-23-25-27-29-31-33-36-40(44)41(46-42(45)38-35-39-43(3)4)37-34-32-30-28-26-24-22-20-18-16-14-12-10-8-6-2/h8,10-11,14-16,19-22,36,41,44H,5-7,9,12,17-18,23-35,37-39H2,1-4H3/b10-8+,16-14-,21-19-,22-20-,40-36+. The van der Waals surface area contributed by atoms with Gasteiger partial charge in [-0.15, -0.1) is 5.73 Å². The zero-order valence-corrected chi connectivity index (χ0v) is 30.4. The SMILES string of the molecule is CC/C=C/C/C=C\C/C=C\CCCCCCCC(OC(=O)CCCN(C)C)/C(O)=C\CCCCCC/C=C\CC=C=CCCCC. The predicted octanol–water partition coefficient (Wildman–Crippen LogP) is 12.5. The molecule has 0 aliphatic rings. The van der Waals surface area contributed by atoms with Crippen LogP contribution in [0.25, 0.3) is 0 Å². The van der Waals surface area contributed by atoms with Gasteiger partial charge in [0.15, 0.2) is 6.10 Å². The lowest BCUT2D eigenvalue weighted by atomic mass is 10.0. The van der Waals surface area contributed by atoms with E-state index in [-0.39, 0.29) is 11.7 Å². The summed E-state index contributed by atoms with van der Waals surface area (Å²) in [6, 6.07) is 0. The van der Waals surface area contributed by atoms with E-state index in [0.29, 0.717) is 12.8 Å². The van der Waals surface area contributed by atoms with E-state index >= 15 is 0 Å². The lowest BCUT2D eigenvalue weighted by molar-refractivity contribution is -0.149. The summed E-state index contributed by atoms with van der Waals surface area (Å²) in [4.78, 5) is 14.6. The zero-order chi connectivity index (χ0) is 33.8. The van der Waals surface area contributed by atoms with Crippen molar-refractivity contribution < 1.29 is 14.6 Å². The van der Waals surface area contributed by atoms with Crippen molar-refractivity contribution in [1.29, 1.82) is 0 Å². The molecular formula is C42H71NO3. The van der Waals surface area contributed by atoms with Crippen molar-refractivity contribution in [3.8, 4) is 0 Å². The molecule has 0 aromatic rings. The summed E-state index contributed by atoms with van der Waals surface area (Å²) in [7, 11) is 4.02. The summed E-state index contributed by atoms with van der Waals surface area (Å²) in [5.41, 5.74) is 3.26. The highest BCUT2D eigenvalue weighted by molar-refractivity contribution is 5.69. The minimum Gasteiger partial charge on any atom is -0.509 e. The van der Waals surface area contributed by atoms with Crippen LogP contribution in [0.1, 0.15) is 155 Å². The molecule has 0 aromatic carbocycles. The van der Waals surface area contributed by atoms with E-state index in [9.17, 15) is 9.90 Å². The van der Waals surface area contributed by atoms with Gasteiger partial charge in [0.1, 0.15) is 5.76 Å². The second kappa shape index (κ2) is 35.3. The summed E-state index contributed by atoms with van der Waals surface area (Å²) >= 11 is 0. The van der Waals surface area contributed by atoms with Gasteiger partial charge in [-0.05, 0) is 135 Å². The van der Waals surface area contributed by atoms with Gasteiger partial charge in [0, 0.05) is 6.42 Å². The normalized spacial score (nSPS) is 13.0. The van der Waals surface area contributed by atoms with Gasteiger partial charge in [0.05, 0.1) is 0 Å². The van der Waals surface area contributed by atoms with Crippen molar-refractivity contribution in [2.45, 2.75) is 161 Å². The molecule has 262 valence electrons. The Balaban J connectivity index is 4.33. The molecule has 0 heterocycles. The Morgan fingerprint density at radius 3 is 1.91 bits per heavy atom. The third kappa shape index (κ3) is 32.8. The molecule has 1 N–H and O–H groups in total. The molecule has 1 unspecified atom stereocenters. The Labute approximate surface area is 285 Å². The molecule has 0 saturated carbocycles. The quantitative estimate of drug-likeness (QED) is 0.0270. The number of aliphatic hydroxyl groups excluding tert-OH is 1. The molecular weight excluding hydrogens is 566 g/mol. The zero-order valence-electron chi connectivity index (χ0n) is 30.4. The summed E-state index contributed by atoms with van der Waals surface area (Å²) in [6.45, 7) is 5.23. The third-order valence-corrected chi connectivity index (χ3v) is 7.74. The minimum absolute atomic E-state index is 0.207. The number of unbranched alkanes of at least 4 members (excludes halogenated alkanes) is 12. The molecule has 0 spiro atoms. The Morgan fingerprint density at radius 2 is 1.26 bits per heavy atom. The van der Waals surface area contributed by atoms with Gasteiger partial charge in [-0.2, -0.15) is 0 Å². The molecule has 0 aliphatic carbocycles. The van der Waals surface area contributed by atoms with Crippen LogP contribution in [0.3, 0.4) is 0 Å². The maximum atomic E-state index is 12.5. The molecule has 0 radical (unpaired) electrons. The lowest BCUT2D eigenvalue weighted by Crippen LogP contribution is -2.22. The first kappa shape index (κ1) is 43.5. The number of hydrogen-bond acceptors (Lipinski definition) is 4. The van der Waals surface area contributed by atoms with E-state index in [1.54, 1.807) is 0 Å².